The number of rotatable bonds is 4. The highest BCUT2D eigenvalue weighted by atomic mass is 127. The summed E-state index contributed by atoms with van der Waals surface area (Å²) in [5.74, 6) is 0.233. The Bertz CT molecular complexity index is 611. The van der Waals surface area contributed by atoms with Crippen LogP contribution in [0.2, 0.25) is 0 Å². The molecule has 1 fully saturated rings. The van der Waals surface area contributed by atoms with Crippen LogP contribution in [0.3, 0.4) is 0 Å². The fraction of sp³-hybridized carbons (Fsp3) is 0.588. The topological polar surface area (TPSA) is 56.9 Å². The summed E-state index contributed by atoms with van der Waals surface area (Å²) in [5, 5.41) is 2.95. The Morgan fingerprint density at radius 3 is 2.38 bits per heavy atom. The molecule has 1 saturated heterocycles. The highest BCUT2D eigenvalue weighted by Gasteiger charge is 2.31. The van der Waals surface area contributed by atoms with Crippen LogP contribution in [0, 0.1) is 0 Å². The van der Waals surface area contributed by atoms with Crippen molar-refractivity contribution in [1.29, 1.82) is 0 Å². The zero-order valence-electron chi connectivity index (χ0n) is 15.3. The summed E-state index contributed by atoms with van der Waals surface area (Å²) in [6.07, 6.45) is -4.37. The second-order valence-corrected chi connectivity index (χ2v) is 6.63. The highest BCUT2D eigenvalue weighted by molar-refractivity contribution is 14.0. The Labute approximate surface area is 169 Å². The van der Waals surface area contributed by atoms with E-state index in [2.05, 4.69) is 20.1 Å². The molecule has 3 N–H and O–H groups in total. The van der Waals surface area contributed by atoms with Crippen molar-refractivity contribution in [3.05, 3.63) is 29.3 Å². The molecular weight excluding hydrogens is 458 g/mol. The van der Waals surface area contributed by atoms with Gasteiger partial charge in [-0.1, -0.05) is 0 Å². The SMILES string of the molecule is CC(C)NC(N)=NCc1cc(C(F)(F)F)ccc1N1CCN(C)CC1.I. The average molecular weight is 485 g/mol. The van der Waals surface area contributed by atoms with E-state index in [1.807, 2.05) is 20.9 Å². The van der Waals surface area contributed by atoms with Crippen molar-refractivity contribution in [2.45, 2.75) is 32.6 Å². The van der Waals surface area contributed by atoms with E-state index in [0.29, 0.717) is 5.56 Å². The van der Waals surface area contributed by atoms with Crippen molar-refractivity contribution in [1.82, 2.24) is 10.2 Å². The molecule has 1 aromatic carbocycles. The zero-order chi connectivity index (χ0) is 18.6. The maximum atomic E-state index is 13.1. The Kier molecular flexibility index (Phi) is 8.45. The first-order valence-corrected chi connectivity index (χ1v) is 8.37. The van der Waals surface area contributed by atoms with Crippen molar-refractivity contribution in [2.75, 3.05) is 38.1 Å². The molecule has 0 radical (unpaired) electrons. The summed E-state index contributed by atoms with van der Waals surface area (Å²) >= 11 is 0. The summed E-state index contributed by atoms with van der Waals surface area (Å²) in [7, 11) is 2.04. The predicted molar refractivity (Wildman–Crippen MR) is 110 cm³/mol. The number of piperazine rings is 1. The van der Waals surface area contributed by atoms with Crippen molar-refractivity contribution in [2.24, 2.45) is 10.7 Å². The van der Waals surface area contributed by atoms with Crippen molar-refractivity contribution < 1.29 is 13.2 Å². The molecule has 0 aliphatic carbocycles. The van der Waals surface area contributed by atoms with Crippen LogP contribution in [0.1, 0.15) is 25.0 Å². The van der Waals surface area contributed by atoms with Crippen LogP contribution < -0.4 is 16.0 Å². The third-order valence-corrected chi connectivity index (χ3v) is 4.11. The monoisotopic (exact) mass is 485 g/mol. The minimum absolute atomic E-state index is 0. The number of hydrogen-bond donors (Lipinski definition) is 2. The van der Waals surface area contributed by atoms with E-state index in [0.717, 1.165) is 37.9 Å². The van der Waals surface area contributed by atoms with E-state index in [-0.39, 0.29) is 42.5 Å². The second kappa shape index (κ2) is 9.63. The number of benzene rings is 1. The summed E-state index contributed by atoms with van der Waals surface area (Å²) < 4.78 is 39.2. The Morgan fingerprint density at radius 1 is 1.23 bits per heavy atom. The lowest BCUT2D eigenvalue weighted by atomic mass is 10.1. The number of aliphatic imine (C=N–C) groups is 1. The number of nitrogens with one attached hydrogen (secondary N) is 1. The quantitative estimate of drug-likeness (QED) is 0.392. The van der Waals surface area contributed by atoms with Gasteiger partial charge in [-0.3, -0.25) is 0 Å². The molecular formula is C17H27F3IN5. The maximum Gasteiger partial charge on any atom is 0.416 e. The molecule has 1 aromatic rings. The molecule has 26 heavy (non-hydrogen) atoms. The van der Waals surface area contributed by atoms with E-state index in [4.69, 9.17) is 5.73 Å². The fourth-order valence-electron chi connectivity index (χ4n) is 2.76. The molecule has 1 heterocycles. The molecule has 0 aromatic heterocycles. The molecule has 0 saturated carbocycles. The van der Waals surface area contributed by atoms with Crippen LogP contribution >= 0.6 is 24.0 Å². The number of halogens is 4. The van der Waals surface area contributed by atoms with Crippen molar-refractivity contribution >= 4 is 35.6 Å². The van der Waals surface area contributed by atoms with Crippen LogP contribution in [-0.2, 0) is 12.7 Å². The molecule has 1 aliphatic rings. The van der Waals surface area contributed by atoms with Gasteiger partial charge in [0.25, 0.3) is 0 Å². The number of alkyl halides is 3. The van der Waals surface area contributed by atoms with Gasteiger partial charge in [-0.2, -0.15) is 13.2 Å². The van der Waals surface area contributed by atoms with E-state index < -0.39 is 11.7 Å². The Balaban J connectivity index is 0.00000338. The number of nitrogens with zero attached hydrogens (tertiary/aromatic N) is 3. The lowest BCUT2D eigenvalue weighted by Gasteiger charge is -2.35. The van der Waals surface area contributed by atoms with Gasteiger partial charge in [-0.05, 0) is 44.7 Å². The van der Waals surface area contributed by atoms with Crippen LogP contribution in [0.25, 0.3) is 0 Å². The molecule has 5 nitrogen and oxygen atoms in total. The first kappa shape index (κ1) is 22.8. The molecule has 2 rings (SSSR count). The van der Waals surface area contributed by atoms with E-state index in [1.54, 1.807) is 6.07 Å². The predicted octanol–water partition coefficient (Wildman–Crippen LogP) is 2.89. The second-order valence-electron chi connectivity index (χ2n) is 6.63. The van der Waals surface area contributed by atoms with Gasteiger partial charge in [-0.15, -0.1) is 24.0 Å². The normalized spacial score (nSPS) is 16.6. The molecule has 0 unspecified atom stereocenters. The molecule has 0 atom stereocenters. The van der Waals surface area contributed by atoms with E-state index in [9.17, 15) is 13.2 Å². The van der Waals surface area contributed by atoms with Gasteiger partial charge < -0.3 is 20.9 Å². The lowest BCUT2D eigenvalue weighted by Crippen LogP contribution is -2.44. The van der Waals surface area contributed by atoms with Gasteiger partial charge >= 0.3 is 6.18 Å². The number of guanidine groups is 1. The Hall–Kier alpha value is -1.23. The van der Waals surface area contributed by atoms with Crippen molar-refractivity contribution in [3.63, 3.8) is 0 Å². The molecule has 148 valence electrons. The molecule has 0 spiro atoms. The first-order chi connectivity index (χ1) is 11.7. The van der Waals surface area contributed by atoms with Gasteiger partial charge in [0.15, 0.2) is 5.96 Å². The molecule has 0 bridgehead atoms. The van der Waals surface area contributed by atoms with Crippen LogP contribution in [0.15, 0.2) is 23.2 Å². The number of anilines is 1. The van der Waals surface area contributed by atoms with Gasteiger partial charge in [0, 0.05) is 37.9 Å². The fourth-order valence-corrected chi connectivity index (χ4v) is 2.76. The number of hydrogen-bond acceptors (Lipinski definition) is 3. The highest BCUT2D eigenvalue weighted by Crippen LogP contribution is 2.33. The average Bonchev–Trinajstić information content (AvgIpc) is 2.52. The van der Waals surface area contributed by atoms with Gasteiger partial charge in [0.05, 0.1) is 12.1 Å². The third-order valence-electron chi connectivity index (χ3n) is 4.11. The summed E-state index contributed by atoms with van der Waals surface area (Å²) in [6.45, 7) is 7.25. The van der Waals surface area contributed by atoms with Crippen LogP contribution in [0.5, 0.6) is 0 Å². The minimum atomic E-state index is -4.37. The summed E-state index contributed by atoms with van der Waals surface area (Å²) in [4.78, 5) is 8.51. The minimum Gasteiger partial charge on any atom is -0.370 e. The summed E-state index contributed by atoms with van der Waals surface area (Å²) in [6, 6.07) is 3.98. The van der Waals surface area contributed by atoms with Crippen molar-refractivity contribution in [3.8, 4) is 0 Å². The maximum absolute atomic E-state index is 13.1. The standard InChI is InChI=1S/C17H26F3N5.HI/c1-12(2)23-16(21)22-11-13-10-14(17(18,19)20)4-5-15(13)25-8-6-24(3)7-9-25;/h4-5,10,12H,6-9,11H2,1-3H3,(H3,21,22,23);1H. The van der Waals surface area contributed by atoms with Crippen LogP contribution in [-0.4, -0.2) is 50.1 Å². The largest absolute Gasteiger partial charge is 0.416 e. The molecule has 0 amide bonds. The van der Waals surface area contributed by atoms with E-state index >= 15 is 0 Å². The van der Waals surface area contributed by atoms with Gasteiger partial charge in [0.1, 0.15) is 0 Å². The molecule has 1 aliphatic heterocycles. The number of nitrogens with two attached hydrogens (primary N) is 1. The van der Waals surface area contributed by atoms with Gasteiger partial charge in [0.2, 0.25) is 0 Å². The third kappa shape index (κ3) is 6.49. The summed E-state index contributed by atoms with van der Waals surface area (Å²) in [5.41, 5.74) is 6.46. The van der Waals surface area contributed by atoms with Gasteiger partial charge in [-0.25, -0.2) is 4.99 Å². The molecule has 9 heteroatoms. The smallest absolute Gasteiger partial charge is 0.370 e. The lowest BCUT2D eigenvalue weighted by molar-refractivity contribution is -0.137. The van der Waals surface area contributed by atoms with E-state index in [1.165, 1.54) is 6.07 Å². The first-order valence-electron chi connectivity index (χ1n) is 8.37. The zero-order valence-corrected chi connectivity index (χ0v) is 17.6. The number of likely N-dealkylation sites (N-methyl/N-ethyl adjacent to an activating group) is 1. The Morgan fingerprint density at radius 2 is 1.85 bits per heavy atom. The van der Waals surface area contributed by atoms with Crippen LogP contribution in [0.4, 0.5) is 18.9 Å².